The first kappa shape index (κ1) is 15.5. The van der Waals surface area contributed by atoms with E-state index in [1.165, 1.54) is 19.3 Å². The molecule has 20 heavy (non-hydrogen) atoms. The maximum Gasteiger partial charge on any atom is 0.323 e. The molecule has 0 aromatic heterocycles. The number of carboxylic acid groups (broad SMARTS) is 1. The topological polar surface area (TPSA) is 49.3 Å². The van der Waals surface area contributed by atoms with E-state index in [1.54, 1.807) is 6.92 Å². The normalized spacial score (nSPS) is 19.5. The fraction of sp³-hybridized carbons (Fsp3) is 0.562. The average Bonchev–Trinajstić information content (AvgIpc) is 2.42. The molecule has 110 valence electrons. The lowest BCUT2D eigenvalue weighted by atomic mass is 9.88. The maximum atomic E-state index is 11.7. The second kappa shape index (κ2) is 6.72. The van der Waals surface area contributed by atoms with Gasteiger partial charge in [0, 0.05) is 16.9 Å². The van der Waals surface area contributed by atoms with Gasteiger partial charge >= 0.3 is 5.97 Å². The molecule has 1 aromatic rings. The Labute approximate surface area is 128 Å². The van der Waals surface area contributed by atoms with Gasteiger partial charge in [-0.2, -0.15) is 0 Å². The Bertz CT molecular complexity index is 454. The zero-order chi connectivity index (χ0) is 14.6. The van der Waals surface area contributed by atoms with Crippen molar-refractivity contribution in [2.24, 2.45) is 0 Å². The van der Waals surface area contributed by atoms with Gasteiger partial charge in [0.25, 0.3) is 0 Å². The van der Waals surface area contributed by atoms with E-state index in [-0.39, 0.29) is 0 Å². The molecule has 0 heterocycles. The predicted molar refractivity (Wildman–Crippen MR) is 83.9 cm³/mol. The van der Waals surface area contributed by atoms with Crippen molar-refractivity contribution in [1.29, 1.82) is 0 Å². The van der Waals surface area contributed by atoms with Crippen molar-refractivity contribution in [2.45, 2.75) is 57.0 Å². The number of benzene rings is 1. The summed E-state index contributed by atoms with van der Waals surface area (Å²) in [6, 6.07) is 8.21. The van der Waals surface area contributed by atoms with Gasteiger partial charge < -0.3 is 5.11 Å². The van der Waals surface area contributed by atoms with E-state index < -0.39 is 11.5 Å². The Morgan fingerprint density at radius 1 is 1.30 bits per heavy atom. The molecule has 1 aliphatic rings. The van der Waals surface area contributed by atoms with Gasteiger partial charge in [0.15, 0.2) is 0 Å². The maximum absolute atomic E-state index is 11.7. The first-order valence-electron chi connectivity index (χ1n) is 7.25. The summed E-state index contributed by atoms with van der Waals surface area (Å²) in [7, 11) is 0. The zero-order valence-corrected chi connectivity index (χ0v) is 13.4. The molecular formula is C16H22BrNO2. The van der Waals surface area contributed by atoms with Crippen LogP contribution in [0.1, 0.15) is 44.6 Å². The quantitative estimate of drug-likeness (QED) is 0.858. The lowest BCUT2D eigenvalue weighted by molar-refractivity contribution is -0.144. The number of hydrogen-bond donors (Lipinski definition) is 2. The molecular weight excluding hydrogens is 318 g/mol. The highest BCUT2D eigenvalue weighted by Crippen LogP contribution is 2.23. The molecule has 0 amide bonds. The van der Waals surface area contributed by atoms with Crippen LogP contribution in [0.15, 0.2) is 28.7 Å². The SMILES string of the molecule is CC(Cc1ccc(Br)cc1)(NC1CCCCC1)C(=O)O. The molecule has 4 heteroatoms. The molecule has 3 nitrogen and oxygen atoms in total. The molecule has 1 unspecified atom stereocenters. The number of carbonyl (C=O) groups is 1. The van der Waals surface area contributed by atoms with Crippen molar-refractivity contribution in [2.75, 3.05) is 0 Å². The Balaban J connectivity index is 2.07. The summed E-state index contributed by atoms with van der Waals surface area (Å²) in [5.41, 5.74) is 0.150. The molecule has 1 saturated carbocycles. The monoisotopic (exact) mass is 339 g/mol. The first-order chi connectivity index (χ1) is 9.49. The number of rotatable bonds is 5. The fourth-order valence-electron chi connectivity index (χ4n) is 2.90. The van der Waals surface area contributed by atoms with E-state index in [0.717, 1.165) is 22.9 Å². The summed E-state index contributed by atoms with van der Waals surface area (Å²) < 4.78 is 1.01. The van der Waals surface area contributed by atoms with Crippen molar-refractivity contribution in [3.8, 4) is 0 Å². The summed E-state index contributed by atoms with van der Waals surface area (Å²) in [4.78, 5) is 11.7. The molecule has 0 aliphatic heterocycles. The number of nitrogens with one attached hydrogen (secondary N) is 1. The minimum atomic E-state index is -0.893. The second-order valence-electron chi connectivity index (χ2n) is 5.92. The Morgan fingerprint density at radius 2 is 1.90 bits per heavy atom. The number of aliphatic carboxylic acids is 1. The van der Waals surface area contributed by atoms with Crippen molar-refractivity contribution in [3.63, 3.8) is 0 Å². The molecule has 1 aliphatic carbocycles. The average molecular weight is 340 g/mol. The van der Waals surface area contributed by atoms with Crippen LogP contribution in [-0.4, -0.2) is 22.7 Å². The molecule has 2 N–H and O–H groups in total. The highest BCUT2D eigenvalue weighted by molar-refractivity contribution is 9.10. The number of halogens is 1. The minimum absolute atomic E-state index is 0.334. The van der Waals surface area contributed by atoms with E-state index in [1.807, 2.05) is 24.3 Å². The minimum Gasteiger partial charge on any atom is -0.480 e. The smallest absolute Gasteiger partial charge is 0.323 e. The van der Waals surface area contributed by atoms with E-state index in [9.17, 15) is 9.90 Å². The van der Waals surface area contributed by atoms with Crippen molar-refractivity contribution >= 4 is 21.9 Å². The Hall–Kier alpha value is -0.870. The summed E-state index contributed by atoms with van der Waals surface area (Å²) in [5.74, 6) is -0.772. The van der Waals surface area contributed by atoms with Crippen molar-refractivity contribution in [1.82, 2.24) is 5.32 Å². The van der Waals surface area contributed by atoms with E-state index in [4.69, 9.17) is 0 Å². The summed E-state index contributed by atoms with van der Waals surface area (Å²) >= 11 is 3.40. The lowest BCUT2D eigenvalue weighted by Crippen LogP contribution is -2.55. The van der Waals surface area contributed by atoms with Crippen LogP contribution in [0.4, 0.5) is 0 Å². The summed E-state index contributed by atoms with van der Waals surface area (Å²) in [6.45, 7) is 1.80. The van der Waals surface area contributed by atoms with Crippen molar-refractivity contribution in [3.05, 3.63) is 34.3 Å². The molecule has 2 rings (SSSR count). The fourth-order valence-corrected chi connectivity index (χ4v) is 3.16. The standard InChI is InChI=1S/C16H22BrNO2/c1-16(15(19)20,18-14-5-3-2-4-6-14)11-12-7-9-13(17)10-8-12/h7-10,14,18H,2-6,11H2,1H3,(H,19,20). The van der Waals surface area contributed by atoms with Gasteiger partial charge in [-0.3, -0.25) is 10.1 Å². The Morgan fingerprint density at radius 3 is 2.45 bits per heavy atom. The molecule has 0 spiro atoms. The van der Waals surface area contributed by atoms with Gasteiger partial charge in [-0.25, -0.2) is 0 Å². The van der Waals surface area contributed by atoms with Gasteiger partial charge in [-0.1, -0.05) is 47.3 Å². The van der Waals surface area contributed by atoms with Crippen LogP contribution in [0.25, 0.3) is 0 Å². The Kier molecular flexibility index (Phi) is 5.22. The van der Waals surface area contributed by atoms with Crippen LogP contribution in [-0.2, 0) is 11.2 Å². The molecule has 1 aromatic carbocycles. The highest BCUT2D eigenvalue weighted by Gasteiger charge is 2.35. The van der Waals surface area contributed by atoms with Crippen LogP contribution in [0.3, 0.4) is 0 Å². The van der Waals surface area contributed by atoms with Gasteiger partial charge in [0.05, 0.1) is 0 Å². The third kappa shape index (κ3) is 4.06. The lowest BCUT2D eigenvalue weighted by Gasteiger charge is -2.33. The molecule has 1 fully saturated rings. The second-order valence-corrected chi connectivity index (χ2v) is 6.84. The molecule has 1 atom stereocenters. The van der Waals surface area contributed by atoms with E-state index in [0.29, 0.717) is 12.5 Å². The first-order valence-corrected chi connectivity index (χ1v) is 8.04. The van der Waals surface area contributed by atoms with Gasteiger partial charge in [0.2, 0.25) is 0 Å². The third-order valence-corrected chi connectivity index (χ3v) is 4.60. The number of hydrogen-bond acceptors (Lipinski definition) is 2. The van der Waals surface area contributed by atoms with Crippen LogP contribution in [0, 0.1) is 0 Å². The zero-order valence-electron chi connectivity index (χ0n) is 11.9. The summed E-state index contributed by atoms with van der Waals surface area (Å²) in [6.07, 6.45) is 6.35. The summed E-state index contributed by atoms with van der Waals surface area (Å²) in [5, 5.41) is 13.0. The largest absolute Gasteiger partial charge is 0.480 e. The van der Waals surface area contributed by atoms with Crippen LogP contribution >= 0.6 is 15.9 Å². The van der Waals surface area contributed by atoms with Gasteiger partial charge in [-0.15, -0.1) is 0 Å². The predicted octanol–water partition coefficient (Wildman–Crippen LogP) is 3.76. The van der Waals surface area contributed by atoms with Crippen LogP contribution < -0.4 is 5.32 Å². The molecule has 0 bridgehead atoms. The number of carboxylic acids is 1. The highest BCUT2D eigenvalue weighted by atomic mass is 79.9. The molecule has 0 saturated heterocycles. The third-order valence-electron chi connectivity index (χ3n) is 4.07. The van der Waals surface area contributed by atoms with E-state index >= 15 is 0 Å². The van der Waals surface area contributed by atoms with Gasteiger partial charge in [-0.05, 0) is 37.5 Å². The van der Waals surface area contributed by atoms with Gasteiger partial charge in [0.1, 0.15) is 5.54 Å². The van der Waals surface area contributed by atoms with Crippen LogP contribution in [0.2, 0.25) is 0 Å². The van der Waals surface area contributed by atoms with Crippen LogP contribution in [0.5, 0.6) is 0 Å². The van der Waals surface area contributed by atoms with Crippen molar-refractivity contribution < 1.29 is 9.90 Å². The van der Waals surface area contributed by atoms with E-state index in [2.05, 4.69) is 21.2 Å². The molecule has 0 radical (unpaired) electrons.